The molecular formula is C33H32FN5O3. The molecule has 0 bridgehead atoms. The van der Waals surface area contributed by atoms with Crippen LogP contribution in [0.4, 0.5) is 15.0 Å². The minimum Gasteiger partial charge on any atom is -0.444 e. The second-order valence-corrected chi connectivity index (χ2v) is 10.9. The minimum absolute atomic E-state index is 0.316. The van der Waals surface area contributed by atoms with Gasteiger partial charge >= 0.3 is 6.09 Å². The van der Waals surface area contributed by atoms with Crippen LogP contribution in [-0.4, -0.2) is 38.6 Å². The Bertz CT molecular complexity index is 1680. The smallest absolute Gasteiger partial charge is 0.408 e. The first-order chi connectivity index (χ1) is 20.2. The molecule has 5 aromatic rings. The number of aryl methyl sites for hydroxylation is 1. The average molecular weight is 566 g/mol. The van der Waals surface area contributed by atoms with Crippen molar-refractivity contribution < 1.29 is 18.7 Å². The first-order valence-electron chi connectivity index (χ1n) is 13.7. The molecule has 2 amide bonds. The number of amides is 2. The average Bonchev–Trinajstić information content (AvgIpc) is 3.34. The van der Waals surface area contributed by atoms with E-state index in [0.29, 0.717) is 24.3 Å². The maximum absolute atomic E-state index is 13.7. The molecule has 0 unspecified atom stereocenters. The van der Waals surface area contributed by atoms with Gasteiger partial charge in [0.15, 0.2) is 0 Å². The van der Waals surface area contributed by atoms with Gasteiger partial charge in [-0.2, -0.15) is 0 Å². The first kappa shape index (κ1) is 28.5. The molecule has 42 heavy (non-hydrogen) atoms. The molecule has 8 nitrogen and oxygen atoms in total. The van der Waals surface area contributed by atoms with Crippen molar-refractivity contribution >= 4 is 28.9 Å². The van der Waals surface area contributed by atoms with Crippen LogP contribution in [-0.2, 0) is 16.0 Å². The highest BCUT2D eigenvalue weighted by Gasteiger charge is 2.25. The number of rotatable bonds is 8. The van der Waals surface area contributed by atoms with Gasteiger partial charge in [-0.15, -0.1) is 0 Å². The Morgan fingerprint density at radius 2 is 1.64 bits per heavy atom. The number of aromatic nitrogens is 3. The van der Waals surface area contributed by atoms with E-state index in [1.165, 1.54) is 12.1 Å². The lowest BCUT2D eigenvalue weighted by Crippen LogP contribution is -2.46. The van der Waals surface area contributed by atoms with Crippen LogP contribution in [0.1, 0.15) is 32.8 Å². The largest absolute Gasteiger partial charge is 0.444 e. The van der Waals surface area contributed by atoms with E-state index < -0.39 is 23.6 Å². The van der Waals surface area contributed by atoms with Gasteiger partial charge in [-0.25, -0.2) is 14.2 Å². The van der Waals surface area contributed by atoms with Crippen molar-refractivity contribution in [1.29, 1.82) is 0 Å². The molecule has 9 heteroatoms. The molecule has 2 aromatic carbocycles. The van der Waals surface area contributed by atoms with Gasteiger partial charge in [-0.1, -0.05) is 30.3 Å². The summed E-state index contributed by atoms with van der Waals surface area (Å²) in [7, 11) is 0. The van der Waals surface area contributed by atoms with E-state index in [1.54, 1.807) is 51.4 Å². The van der Waals surface area contributed by atoms with Crippen molar-refractivity contribution in [3.8, 4) is 22.4 Å². The van der Waals surface area contributed by atoms with Crippen LogP contribution in [0.3, 0.4) is 0 Å². The number of hydrogen-bond donors (Lipinski definition) is 3. The lowest BCUT2D eigenvalue weighted by Gasteiger charge is -2.23. The van der Waals surface area contributed by atoms with Crippen molar-refractivity contribution in [3.63, 3.8) is 0 Å². The molecule has 3 N–H and O–H groups in total. The van der Waals surface area contributed by atoms with Crippen molar-refractivity contribution in [2.45, 2.75) is 45.3 Å². The van der Waals surface area contributed by atoms with Gasteiger partial charge in [0.25, 0.3) is 0 Å². The van der Waals surface area contributed by atoms with Gasteiger partial charge < -0.3 is 20.4 Å². The maximum Gasteiger partial charge on any atom is 0.408 e. The summed E-state index contributed by atoms with van der Waals surface area (Å²) in [5, 5.41) is 6.40. The van der Waals surface area contributed by atoms with Crippen LogP contribution >= 0.6 is 0 Å². The van der Waals surface area contributed by atoms with Crippen molar-refractivity contribution in [2.75, 3.05) is 5.32 Å². The maximum atomic E-state index is 13.7. The zero-order valence-electron chi connectivity index (χ0n) is 23.6. The summed E-state index contributed by atoms with van der Waals surface area (Å²) in [6, 6.07) is 22.5. The van der Waals surface area contributed by atoms with Crippen LogP contribution in [0.5, 0.6) is 0 Å². The third-order valence-corrected chi connectivity index (χ3v) is 6.58. The summed E-state index contributed by atoms with van der Waals surface area (Å²) in [6.07, 6.45) is 3.68. The van der Waals surface area contributed by atoms with Crippen LogP contribution < -0.4 is 10.6 Å². The van der Waals surface area contributed by atoms with Crippen molar-refractivity contribution in [2.24, 2.45) is 0 Å². The SMILES string of the molecule is CC(C)(C)OC(=O)N[C@@H](CCc1ccccc1)C(=O)Nc1ccc2c(-c3ccncc3)c(-c3ccc(F)cc3)[nH]c2n1. The molecule has 5 rings (SSSR count). The lowest BCUT2D eigenvalue weighted by molar-refractivity contribution is -0.118. The normalized spacial score (nSPS) is 12.1. The Labute approximate surface area is 243 Å². The minimum atomic E-state index is -0.858. The van der Waals surface area contributed by atoms with Crippen LogP contribution in [0.15, 0.2) is 91.3 Å². The van der Waals surface area contributed by atoms with Crippen LogP contribution in [0.2, 0.25) is 0 Å². The Hall–Kier alpha value is -5.05. The number of fused-ring (bicyclic) bond motifs is 1. The monoisotopic (exact) mass is 565 g/mol. The van der Waals surface area contributed by atoms with Crippen molar-refractivity contribution in [1.82, 2.24) is 20.3 Å². The molecule has 0 aliphatic rings. The number of carbonyl (C=O) groups excluding carboxylic acids is 2. The number of nitrogens with one attached hydrogen (secondary N) is 3. The summed E-state index contributed by atoms with van der Waals surface area (Å²) in [5.41, 5.74) is 4.23. The second-order valence-electron chi connectivity index (χ2n) is 10.9. The zero-order valence-corrected chi connectivity index (χ0v) is 23.6. The summed E-state index contributed by atoms with van der Waals surface area (Å²) in [5.74, 6) is -0.426. The van der Waals surface area contributed by atoms with E-state index >= 15 is 0 Å². The Balaban J connectivity index is 1.43. The molecule has 0 aliphatic carbocycles. The van der Waals surface area contributed by atoms with E-state index in [2.05, 4.69) is 25.6 Å². The molecule has 0 spiro atoms. The molecule has 3 aromatic heterocycles. The van der Waals surface area contributed by atoms with Gasteiger partial charge in [0.1, 0.15) is 28.9 Å². The highest BCUT2D eigenvalue weighted by atomic mass is 19.1. The van der Waals surface area contributed by atoms with Crippen molar-refractivity contribution in [3.05, 3.63) is 103 Å². The molecule has 0 radical (unpaired) electrons. The highest BCUT2D eigenvalue weighted by molar-refractivity contribution is 6.03. The van der Waals surface area contributed by atoms with Gasteiger partial charge in [0.2, 0.25) is 5.91 Å². The molecule has 0 saturated heterocycles. The topological polar surface area (TPSA) is 109 Å². The van der Waals surface area contributed by atoms with Gasteiger partial charge in [-0.05, 0) is 98.8 Å². The molecule has 0 aliphatic heterocycles. The molecule has 1 atom stereocenters. The van der Waals surface area contributed by atoms with Crippen LogP contribution in [0.25, 0.3) is 33.4 Å². The van der Waals surface area contributed by atoms with E-state index in [9.17, 15) is 14.0 Å². The number of ether oxygens (including phenoxy) is 1. The number of pyridine rings is 2. The highest BCUT2D eigenvalue weighted by Crippen LogP contribution is 2.38. The second kappa shape index (κ2) is 12.2. The fourth-order valence-electron chi connectivity index (χ4n) is 4.68. The predicted octanol–water partition coefficient (Wildman–Crippen LogP) is 6.90. The van der Waals surface area contributed by atoms with Crippen LogP contribution in [0, 0.1) is 5.82 Å². The summed E-state index contributed by atoms with van der Waals surface area (Å²) in [6.45, 7) is 5.30. The number of H-pyrrole nitrogens is 1. The third kappa shape index (κ3) is 6.98. The Kier molecular flexibility index (Phi) is 8.28. The zero-order chi connectivity index (χ0) is 29.7. The number of hydrogen-bond acceptors (Lipinski definition) is 5. The number of carbonyl (C=O) groups is 2. The van der Waals surface area contributed by atoms with E-state index in [0.717, 1.165) is 33.3 Å². The van der Waals surface area contributed by atoms with E-state index in [4.69, 9.17) is 4.74 Å². The first-order valence-corrected chi connectivity index (χ1v) is 13.7. The van der Waals surface area contributed by atoms with E-state index in [-0.39, 0.29) is 5.82 Å². The van der Waals surface area contributed by atoms with Gasteiger partial charge in [0, 0.05) is 23.3 Å². The number of nitrogens with zero attached hydrogens (tertiary/aromatic N) is 2. The van der Waals surface area contributed by atoms with Gasteiger partial charge in [-0.3, -0.25) is 9.78 Å². The third-order valence-electron chi connectivity index (χ3n) is 6.58. The molecule has 0 saturated carbocycles. The number of aromatic amines is 1. The van der Waals surface area contributed by atoms with E-state index in [1.807, 2.05) is 48.5 Å². The number of anilines is 1. The molecular weight excluding hydrogens is 533 g/mol. The number of benzene rings is 2. The fourth-order valence-corrected chi connectivity index (χ4v) is 4.68. The fraction of sp³-hybridized carbons (Fsp3) is 0.212. The summed E-state index contributed by atoms with van der Waals surface area (Å²) < 4.78 is 19.1. The number of halogens is 1. The molecule has 0 fully saturated rings. The summed E-state index contributed by atoms with van der Waals surface area (Å²) >= 11 is 0. The summed E-state index contributed by atoms with van der Waals surface area (Å²) in [4.78, 5) is 38.2. The quantitative estimate of drug-likeness (QED) is 0.190. The Morgan fingerprint density at radius 1 is 0.929 bits per heavy atom. The Morgan fingerprint density at radius 3 is 2.33 bits per heavy atom. The molecule has 3 heterocycles. The molecule has 214 valence electrons. The van der Waals surface area contributed by atoms with Gasteiger partial charge in [0.05, 0.1) is 5.69 Å². The predicted molar refractivity (Wildman–Crippen MR) is 161 cm³/mol. The lowest BCUT2D eigenvalue weighted by atomic mass is 10.00. The number of alkyl carbamates (subject to hydrolysis) is 1. The standard InChI is InChI=1S/C33H32FN5O3/c1-33(2,3)42-32(41)36-26(15-9-21-7-5-4-6-8-21)31(40)38-27-16-14-25-28(22-17-19-35-20-18-22)29(39-30(25)37-27)23-10-12-24(34)13-11-23/h4-8,10-14,16-20,26H,9,15H2,1-3H3,(H,36,41)(H2,37,38,39,40)/t26-/m0/s1.